The third kappa shape index (κ3) is 5.36. The van der Waals surface area contributed by atoms with Gasteiger partial charge in [0.1, 0.15) is 5.52 Å². The number of aryl methyl sites for hydroxylation is 1. The molecule has 5 rings (SSSR count). The van der Waals surface area contributed by atoms with Crippen LogP contribution >= 0.6 is 0 Å². The maximum Gasteiger partial charge on any atom is 0.159 e. The predicted molar refractivity (Wildman–Crippen MR) is 135 cm³/mol. The molecule has 35 heavy (non-hydrogen) atoms. The van der Waals surface area contributed by atoms with Gasteiger partial charge in [-0.15, -0.1) is 5.10 Å². The van der Waals surface area contributed by atoms with Gasteiger partial charge in [-0.05, 0) is 49.8 Å². The van der Waals surface area contributed by atoms with Crippen molar-refractivity contribution in [3.8, 4) is 28.3 Å². The topological polar surface area (TPSA) is 86.8 Å². The van der Waals surface area contributed by atoms with E-state index >= 15 is 0 Å². The number of rotatable bonds is 9. The molecule has 0 atom stereocenters. The molecule has 9 heteroatoms. The van der Waals surface area contributed by atoms with Gasteiger partial charge >= 0.3 is 0 Å². The summed E-state index contributed by atoms with van der Waals surface area (Å²) < 4.78 is 9.46. The molecular formula is C26H28N8O. The van der Waals surface area contributed by atoms with E-state index in [1.807, 2.05) is 48.4 Å². The number of hydrogen-bond acceptors (Lipinski definition) is 7. The normalized spacial score (nSPS) is 11.4. The third-order valence-electron chi connectivity index (χ3n) is 5.72. The number of hydrogen-bond donors (Lipinski definition) is 0. The fourth-order valence-corrected chi connectivity index (χ4v) is 3.92. The molecular weight excluding hydrogens is 440 g/mol. The number of aromatic nitrogens is 7. The van der Waals surface area contributed by atoms with Gasteiger partial charge in [0, 0.05) is 30.9 Å². The molecule has 3 heterocycles. The van der Waals surface area contributed by atoms with Crippen molar-refractivity contribution in [2.75, 3.05) is 27.2 Å². The largest absolute Gasteiger partial charge is 0.490 e. The van der Waals surface area contributed by atoms with Gasteiger partial charge in [0.15, 0.2) is 11.6 Å². The van der Waals surface area contributed by atoms with Crippen LogP contribution in [0.5, 0.6) is 5.75 Å². The number of benzene rings is 2. The Morgan fingerprint density at radius 1 is 0.943 bits per heavy atom. The predicted octanol–water partition coefficient (Wildman–Crippen LogP) is 3.67. The lowest BCUT2D eigenvalue weighted by Crippen LogP contribution is -2.15. The lowest BCUT2D eigenvalue weighted by atomic mass is 10.1. The summed E-state index contributed by atoms with van der Waals surface area (Å²) in [5.41, 5.74) is 6.02. The van der Waals surface area contributed by atoms with Crippen LogP contribution in [0.1, 0.15) is 12.0 Å². The van der Waals surface area contributed by atoms with E-state index in [2.05, 4.69) is 62.6 Å². The SMILES string of the molecule is CN(C)CCCOc1cnc(-c2cccc(Cn3nnc4ccc(-c5cnn(C)c5)cc43)c2)nc1. The molecule has 0 radical (unpaired) electrons. The highest BCUT2D eigenvalue weighted by Gasteiger charge is 2.10. The molecule has 0 spiro atoms. The van der Waals surface area contributed by atoms with Gasteiger partial charge in [0.05, 0.1) is 37.3 Å². The first-order valence-electron chi connectivity index (χ1n) is 11.6. The molecule has 0 aliphatic heterocycles. The maximum atomic E-state index is 5.75. The van der Waals surface area contributed by atoms with E-state index in [0.717, 1.165) is 46.3 Å². The van der Waals surface area contributed by atoms with E-state index in [0.29, 0.717) is 24.7 Å². The lowest BCUT2D eigenvalue weighted by molar-refractivity contribution is 0.280. The van der Waals surface area contributed by atoms with Gasteiger partial charge in [-0.1, -0.05) is 29.5 Å². The van der Waals surface area contributed by atoms with Gasteiger partial charge in [-0.3, -0.25) is 4.68 Å². The summed E-state index contributed by atoms with van der Waals surface area (Å²) in [5, 5.41) is 13.0. The molecule has 0 saturated carbocycles. The number of fused-ring (bicyclic) bond motifs is 1. The van der Waals surface area contributed by atoms with Gasteiger partial charge in [-0.2, -0.15) is 5.10 Å². The maximum absolute atomic E-state index is 5.75. The van der Waals surface area contributed by atoms with Gasteiger partial charge < -0.3 is 9.64 Å². The van der Waals surface area contributed by atoms with Gasteiger partial charge in [-0.25, -0.2) is 14.6 Å². The molecule has 5 aromatic rings. The zero-order chi connectivity index (χ0) is 24.2. The Labute approximate surface area is 204 Å². The van der Waals surface area contributed by atoms with Crippen LogP contribution in [0.15, 0.2) is 67.3 Å². The summed E-state index contributed by atoms with van der Waals surface area (Å²) in [6.07, 6.45) is 8.28. The van der Waals surface area contributed by atoms with Crippen molar-refractivity contribution in [3.05, 3.63) is 72.8 Å². The molecule has 0 amide bonds. The van der Waals surface area contributed by atoms with Crippen molar-refractivity contribution in [1.82, 2.24) is 39.6 Å². The Balaban J connectivity index is 1.31. The molecule has 2 aromatic carbocycles. The van der Waals surface area contributed by atoms with Crippen LogP contribution in [0, 0.1) is 0 Å². The third-order valence-corrected chi connectivity index (χ3v) is 5.72. The van der Waals surface area contributed by atoms with Crippen LogP contribution < -0.4 is 4.74 Å². The highest BCUT2D eigenvalue weighted by molar-refractivity contribution is 5.81. The van der Waals surface area contributed by atoms with E-state index in [9.17, 15) is 0 Å². The Morgan fingerprint density at radius 2 is 1.80 bits per heavy atom. The molecule has 0 aliphatic rings. The van der Waals surface area contributed by atoms with Crippen molar-refractivity contribution in [2.45, 2.75) is 13.0 Å². The molecule has 0 aliphatic carbocycles. The summed E-state index contributed by atoms with van der Waals surface area (Å²) in [6.45, 7) is 2.22. The standard InChI is InChI=1S/C26H28N8O/c1-32(2)10-5-11-35-23-15-27-26(28-16-23)21-7-4-6-19(12-21)17-34-25-13-20(8-9-24(25)30-31-34)22-14-29-33(3)18-22/h4,6-9,12-16,18H,5,10-11,17H2,1-3H3. The van der Waals surface area contributed by atoms with Crippen molar-refractivity contribution >= 4 is 11.0 Å². The van der Waals surface area contributed by atoms with Crippen LogP contribution in [0.2, 0.25) is 0 Å². The number of nitrogens with zero attached hydrogens (tertiary/aromatic N) is 8. The van der Waals surface area contributed by atoms with Crippen molar-refractivity contribution in [3.63, 3.8) is 0 Å². The fourth-order valence-electron chi connectivity index (χ4n) is 3.92. The molecule has 0 unspecified atom stereocenters. The summed E-state index contributed by atoms with van der Waals surface area (Å²) in [6, 6.07) is 14.3. The second kappa shape index (κ2) is 10.0. The minimum atomic E-state index is 0.591. The minimum Gasteiger partial charge on any atom is -0.490 e. The Hall–Kier alpha value is -4.11. The van der Waals surface area contributed by atoms with Gasteiger partial charge in [0.2, 0.25) is 0 Å². The van der Waals surface area contributed by atoms with Crippen LogP contribution in [-0.4, -0.2) is 66.9 Å². The Bertz CT molecular complexity index is 1420. The molecule has 0 saturated heterocycles. The first-order chi connectivity index (χ1) is 17.0. The highest BCUT2D eigenvalue weighted by Crippen LogP contribution is 2.24. The average Bonchev–Trinajstić information content (AvgIpc) is 3.48. The minimum absolute atomic E-state index is 0.591. The second-order valence-electron chi connectivity index (χ2n) is 8.80. The summed E-state index contributed by atoms with van der Waals surface area (Å²) in [5.74, 6) is 1.34. The fraction of sp³-hybridized carbons (Fsp3) is 0.269. The summed E-state index contributed by atoms with van der Waals surface area (Å²) in [7, 11) is 6.02. The van der Waals surface area contributed by atoms with Crippen LogP contribution in [0.3, 0.4) is 0 Å². The van der Waals surface area contributed by atoms with Crippen LogP contribution in [0.25, 0.3) is 33.5 Å². The van der Waals surface area contributed by atoms with Crippen molar-refractivity contribution in [1.29, 1.82) is 0 Å². The smallest absolute Gasteiger partial charge is 0.159 e. The van der Waals surface area contributed by atoms with Crippen molar-refractivity contribution < 1.29 is 4.74 Å². The second-order valence-corrected chi connectivity index (χ2v) is 8.80. The monoisotopic (exact) mass is 468 g/mol. The molecule has 0 fully saturated rings. The molecule has 9 nitrogen and oxygen atoms in total. The van der Waals surface area contributed by atoms with Crippen molar-refractivity contribution in [2.24, 2.45) is 7.05 Å². The summed E-state index contributed by atoms with van der Waals surface area (Å²) >= 11 is 0. The van der Waals surface area contributed by atoms with E-state index in [4.69, 9.17) is 4.74 Å². The molecule has 178 valence electrons. The number of ether oxygens (including phenoxy) is 1. The van der Waals surface area contributed by atoms with Gasteiger partial charge in [0.25, 0.3) is 0 Å². The lowest BCUT2D eigenvalue weighted by Gasteiger charge is -2.10. The highest BCUT2D eigenvalue weighted by atomic mass is 16.5. The first-order valence-corrected chi connectivity index (χ1v) is 11.6. The summed E-state index contributed by atoms with van der Waals surface area (Å²) in [4.78, 5) is 11.2. The zero-order valence-electron chi connectivity index (χ0n) is 20.2. The average molecular weight is 469 g/mol. The van der Waals surface area contributed by atoms with Crippen LogP contribution in [0.4, 0.5) is 0 Å². The Kier molecular flexibility index (Phi) is 6.49. The molecule has 0 N–H and O–H groups in total. The van der Waals surface area contributed by atoms with Crippen LogP contribution in [-0.2, 0) is 13.6 Å². The molecule has 0 bridgehead atoms. The van der Waals surface area contributed by atoms with E-state index in [-0.39, 0.29) is 0 Å². The zero-order valence-corrected chi connectivity index (χ0v) is 20.2. The van der Waals surface area contributed by atoms with E-state index in [1.54, 1.807) is 17.1 Å². The molecule has 3 aromatic heterocycles. The van der Waals surface area contributed by atoms with E-state index < -0.39 is 0 Å². The quantitative estimate of drug-likeness (QED) is 0.305. The van der Waals surface area contributed by atoms with E-state index in [1.165, 1.54) is 0 Å². The Morgan fingerprint density at radius 3 is 2.57 bits per heavy atom. The first kappa shape index (κ1) is 22.7.